The van der Waals surface area contributed by atoms with E-state index in [0.29, 0.717) is 0 Å². The Hall–Kier alpha value is -3.17. The molecular formula is C13H15N5O5. The minimum Gasteiger partial charge on any atom is -0.478 e. The molecule has 0 bridgehead atoms. The van der Waals surface area contributed by atoms with Crippen LogP contribution in [0.4, 0.5) is 5.82 Å². The van der Waals surface area contributed by atoms with Crippen molar-refractivity contribution < 1.29 is 24.2 Å². The summed E-state index contributed by atoms with van der Waals surface area (Å²) in [5, 5.41) is 19.3. The number of nitrogens with zero attached hydrogens (tertiary/aromatic N) is 4. The minimum atomic E-state index is -1.28. The lowest BCUT2D eigenvalue weighted by Crippen LogP contribution is -2.20. The average molecular weight is 321 g/mol. The van der Waals surface area contributed by atoms with E-state index in [4.69, 9.17) is 9.84 Å². The topological polar surface area (TPSA) is 128 Å². The molecule has 0 spiro atoms. The van der Waals surface area contributed by atoms with Crippen LogP contribution in [0.3, 0.4) is 0 Å². The van der Waals surface area contributed by atoms with Gasteiger partial charge in [-0.15, -0.1) is 0 Å². The van der Waals surface area contributed by atoms with Gasteiger partial charge in [0.1, 0.15) is 16.9 Å². The zero-order valence-corrected chi connectivity index (χ0v) is 12.7. The van der Waals surface area contributed by atoms with Gasteiger partial charge in [0.2, 0.25) is 0 Å². The van der Waals surface area contributed by atoms with Crippen LogP contribution >= 0.6 is 0 Å². The molecule has 23 heavy (non-hydrogen) atoms. The van der Waals surface area contributed by atoms with Gasteiger partial charge in [0.25, 0.3) is 5.91 Å². The number of aromatic nitrogens is 4. The summed E-state index contributed by atoms with van der Waals surface area (Å²) < 4.78 is 7.37. The fourth-order valence-corrected chi connectivity index (χ4v) is 1.92. The Morgan fingerprint density at radius 2 is 2.00 bits per heavy atom. The maximum absolute atomic E-state index is 12.3. The predicted molar refractivity (Wildman–Crippen MR) is 77.3 cm³/mol. The molecule has 122 valence electrons. The molecule has 0 aromatic carbocycles. The van der Waals surface area contributed by atoms with E-state index in [2.05, 4.69) is 15.5 Å². The van der Waals surface area contributed by atoms with Crippen molar-refractivity contribution >= 4 is 23.7 Å². The molecular weight excluding hydrogens is 306 g/mol. The summed E-state index contributed by atoms with van der Waals surface area (Å²) in [6, 6.07) is 0. The van der Waals surface area contributed by atoms with Crippen LogP contribution in [0.25, 0.3) is 0 Å². The number of carboxylic acids is 1. The van der Waals surface area contributed by atoms with E-state index >= 15 is 0 Å². The number of ether oxygens (including phenoxy) is 1. The van der Waals surface area contributed by atoms with Crippen LogP contribution in [-0.2, 0) is 18.8 Å². The van der Waals surface area contributed by atoms with Crippen LogP contribution in [0.15, 0.2) is 12.4 Å². The zero-order chi connectivity index (χ0) is 17.1. The normalized spacial score (nSPS) is 10.4. The predicted octanol–water partition coefficient (Wildman–Crippen LogP) is 0.281. The SMILES string of the molecule is CCOC(=O)c1cnn(C)c1NC(=O)c1nn(C)cc1C(=O)O. The molecule has 1 amide bonds. The van der Waals surface area contributed by atoms with Crippen LogP contribution in [-0.4, -0.2) is 49.1 Å². The third kappa shape index (κ3) is 3.20. The van der Waals surface area contributed by atoms with Crippen molar-refractivity contribution in [3.63, 3.8) is 0 Å². The molecule has 0 aliphatic heterocycles. The molecule has 0 saturated heterocycles. The highest BCUT2D eigenvalue weighted by molar-refractivity contribution is 6.10. The molecule has 0 aliphatic rings. The number of rotatable bonds is 5. The summed E-state index contributed by atoms with van der Waals surface area (Å²) in [4.78, 5) is 35.3. The van der Waals surface area contributed by atoms with Crippen LogP contribution in [0.2, 0.25) is 0 Å². The molecule has 0 saturated carbocycles. The number of anilines is 1. The Bertz CT molecular complexity index is 776. The van der Waals surface area contributed by atoms with E-state index in [9.17, 15) is 14.4 Å². The second-order valence-corrected chi connectivity index (χ2v) is 4.58. The largest absolute Gasteiger partial charge is 0.478 e. The molecule has 2 aromatic heterocycles. The molecule has 0 fully saturated rings. The van der Waals surface area contributed by atoms with Gasteiger partial charge in [-0.05, 0) is 6.92 Å². The van der Waals surface area contributed by atoms with E-state index in [-0.39, 0.29) is 29.2 Å². The number of hydrogen-bond donors (Lipinski definition) is 2. The first-order valence-corrected chi connectivity index (χ1v) is 6.62. The van der Waals surface area contributed by atoms with Gasteiger partial charge in [0.05, 0.1) is 12.8 Å². The van der Waals surface area contributed by atoms with Crippen molar-refractivity contribution in [1.82, 2.24) is 19.6 Å². The van der Waals surface area contributed by atoms with Gasteiger partial charge in [-0.25, -0.2) is 9.59 Å². The van der Waals surface area contributed by atoms with Crippen LogP contribution in [0.5, 0.6) is 0 Å². The van der Waals surface area contributed by atoms with Crippen molar-refractivity contribution in [2.45, 2.75) is 6.92 Å². The lowest BCUT2D eigenvalue weighted by Gasteiger charge is -2.07. The maximum Gasteiger partial charge on any atom is 0.343 e. The molecule has 2 aromatic rings. The molecule has 2 heterocycles. The van der Waals surface area contributed by atoms with Crippen LogP contribution < -0.4 is 5.32 Å². The van der Waals surface area contributed by atoms with Gasteiger partial charge in [0, 0.05) is 20.3 Å². The van der Waals surface area contributed by atoms with Crippen molar-refractivity contribution in [3.8, 4) is 0 Å². The zero-order valence-electron chi connectivity index (χ0n) is 12.7. The van der Waals surface area contributed by atoms with Gasteiger partial charge in [-0.1, -0.05) is 0 Å². The number of aromatic carboxylic acids is 1. The Morgan fingerprint density at radius 3 is 2.61 bits per heavy atom. The molecule has 0 aliphatic carbocycles. The number of hydrogen-bond acceptors (Lipinski definition) is 6. The van der Waals surface area contributed by atoms with Gasteiger partial charge < -0.3 is 15.2 Å². The number of aryl methyl sites for hydroxylation is 2. The summed E-state index contributed by atoms with van der Waals surface area (Å²) in [6.45, 7) is 1.82. The first-order valence-electron chi connectivity index (χ1n) is 6.62. The Balaban J connectivity index is 2.33. The molecule has 2 rings (SSSR count). The smallest absolute Gasteiger partial charge is 0.343 e. The van der Waals surface area contributed by atoms with Gasteiger partial charge >= 0.3 is 11.9 Å². The highest BCUT2D eigenvalue weighted by atomic mass is 16.5. The lowest BCUT2D eigenvalue weighted by molar-refractivity contribution is 0.0527. The molecule has 10 nitrogen and oxygen atoms in total. The van der Waals surface area contributed by atoms with Crippen molar-refractivity contribution in [2.75, 3.05) is 11.9 Å². The summed E-state index contributed by atoms with van der Waals surface area (Å²) in [7, 11) is 3.02. The number of carbonyl (C=O) groups excluding carboxylic acids is 2. The number of esters is 1. The highest BCUT2D eigenvalue weighted by Crippen LogP contribution is 2.17. The fraction of sp³-hybridized carbons (Fsp3) is 0.308. The molecule has 10 heteroatoms. The maximum atomic E-state index is 12.3. The highest BCUT2D eigenvalue weighted by Gasteiger charge is 2.24. The van der Waals surface area contributed by atoms with Crippen molar-refractivity contribution in [1.29, 1.82) is 0 Å². The third-order valence-corrected chi connectivity index (χ3v) is 2.94. The number of amides is 1. The second-order valence-electron chi connectivity index (χ2n) is 4.58. The van der Waals surface area contributed by atoms with Crippen molar-refractivity contribution in [3.05, 3.63) is 29.2 Å². The number of carbonyl (C=O) groups is 3. The number of carboxylic acid groups (broad SMARTS) is 1. The monoisotopic (exact) mass is 321 g/mol. The molecule has 2 N–H and O–H groups in total. The Kier molecular flexibility index (Phi) is 4.44. The average Bonchev–Trinajstić information content (AvgIpc) is 3.03. The Morgan fingerprint density at radius 1 is 1.30 bits per heavy atom. The first-order chi connectivity index (χ1) is 10.8. The van der Waals surface area contributed by atoms with Crippen molar-refractivity contribution in [2.24, 2.45) is 14.1 Å². The molecule has 0 unspecified atom stereocenters. The fourth-order valence-electron chi connectivity index (χ4n) is 1.92. The summed E-state index contributed by atoms with van der Waals surface area (Å²) in [5.41, 5.74) is -0.448. The van der Waals surface area contributed by atoms with Gasteiger partial charge in [-0.2, -0.15) is 10.2 Å². The van der Waals surface area contributed by atoms with E-state index < -0.39 is 17.8 Å². The minimum absolute atomic E-state index is 0.0653. The lowest BCUT2D eigenvalue weighted by atomic mass is 10.2. The standard InChI is InChI=1S/C13H15N5O5/c1-4-23-13(22)7-5-14-18(3)10(7)15-11(19)9-8(12(20)21)6-17(2)16-9/h5-6H,4H2,1-3H3,(H,15,19)(H,20,21). The van der Waals surface area contributed by atoms with E-state index in [0.717, 1.165) is 0 Å². The van der Waals surface area contributed by atoms with Crippen LogP contribution in [0.1, 0.15) is 38.1 Å². The van der Waals surface area contributed by atoms with Gasteiger partial charge in [-0.3, -0.25) is 14.2 Å². The quantitative estimate of drug-likeness (QED) is 0.757. The van der Waals surface area contributed by atoms with E-state index in [1.807, 2.05) is 0 Å². The summed E-state index contributed by atoms with van der Waals surface area (Å²) in [6.07, 6.45) is 2.47. The van der Waals surface area contributed by atoms with E-state index in [1.165, 1.54) is 35.9 Å². The van der Waals surface area contributed by atoms with Gasteiger partial charge in [0.15, 0.2) is 5.69 Å². The third-order valence-electron chi connectivity index (χ3n) is 2.94. The molecule has 0 radical (unpaired) electrons. The number of nitrogens with one attached hydrogen (secondary N) is 1. The first kappa shape index (κ1) is 16.2. The molecule has 0 atom stereocenters. The van der Waals surface area contributed by atoms with E-state index in [1.54, 1.807) is 6.92 Å². The van der Waals surface area contributed by atoms with Crippen LogP contribution in [0, 0.1) is 0 Å². The summed E-state index contributed by atoms with van der Waals surface area (Å²) in [5.74, 6) is -2.60. The Labute approximate surface area is 130 Å². The second kappa shape index (κ2) is 6.30. The summed E-state index contributed by atoms with van der Waals surface area (Å²) >= 11 is 0.